The predicted molar refractivity (Wildman–Crippen MR) is 81.5 cm³/mol. The van der Waals surface area contributed by atoms with Crippen molar-refractivity contribution in [1.29, 1.82) is 0 Å². The molecular weight excluding hydrogens is 250 g/mol. The second-order valence-corrected chi connectivity index (χ2v) is 5.18. The lowest BCUT2D eigenvalue weighted by Crippen LogP contribution is -2.51. The maximum absolute atomic E-state index is 4.29. The Balaban J connectivity index is 1.78. The Morgan fingerprint density at radius 2 is 1.80 bits per heavy atom. The molecule has 104 valence electrons. The first-order valence-corrected chi connectivity index (χ1v) is 6.85. The van der Waals surface area contributed by atoms with Gasteiger partial charge < -0.3 is 16.0 Å². The van der Waals surface area contributed by atoms with Gasteiger partial charge in [-0.15, -0.1) is 0 Å². The fourth-order valence-corrected chi connectivity index (χ4v) is 2.24. The maximum atomic E-state index is 4.29. The molecule has 2 heterocycles. The van der Waals surface area contributed by atoms with Crippen molar-refractivity contribution in [3.05, 3.63) is 41.7 Å². The zero-order valence-electron chi connectivity index (χ0n) is 11.8. The maximum Gasteiger partial charge on any atom is 0.135 e. The third-order valence-corrected chi connectivity index (χ3v) is 3.53. The molecule has 1 aliphatic heterocycles. The van der Waals surface area contributed by atoms with Crippen LogP contribution >= 0.6 is 0 Å². The van der Waals surface area contributed by atoms with E-state index < -0.39 is 0 Å². The monoisotopic (exact) mass is 269 g/mol. The van der Waals surface area contributed by atoms with Crippen LogP contribution in [0.5, 0.6) is 0 Å². The molecule has 0 radical (unpaired) electrons. The molecule has 5 heteroatoms. The largest absolute Gasteiger partial charge is 0.365 e. The fraction of sp³-hybridized carbons (Fsp3) is 0.333. The first-order chi connectivity index (χ1) is 9.72. The van der Waals surface area contributed by atoms with Gasteiger partial charge in [0.25, 0.3) is 0 Å². The minimum absolute atomic E-state index is 0.470. The van der Waals surface area contributed by atoms with Gasteiger partial charge in [0.05, 0.1) is 6.04 Å². The molecule has 0 bridgehead atoms. The summed E-state index contributed by atoms with van der Waals surface area (Å²) in [4.78, 5) is 8.55. The van der Waals surface area contributed by atoms with Gasteiger partial charge in [-0.25, -0.2) is 9.97 Å². The van der Waals surface area contributed by atoms with E-state index in [0.717, 1.165) is 30.4 Å². The van der Waals surface area contributed by atoms with Crippen LogP contribution in [0.15, 0.2) is 30.6 Å². The van der Waals surface area contributed by atoms with Crippen molar-refractivity contribution in [2.45, 2.75) is 19.9 Å². The standard InChI is InChI=1S/C15H19N5/c1-10-4-3-5-11(2)15(10)20-14-6-13(17-9-18-14)19-12-7-16-8-12/h3-6,9,12,16H,7-8H2,1-2H3,(H2,17,18,19,20). The number of benzene rings is 1. The SMILES string of the molecule is Cc1cccc(C)c1Nc1cc(NC2CNC2)ncn1. The summed E-state index contributed by atoms with van der Waals surface area (Å²) in [5, 5.41) is 9.99. The fourth-order valence-electron chi connectivity index (χ4n) is 2.24. The van der Waals surface area contributed by atoms with Crippen molar-refractivity contribution in [2.75, 3.05) is 23.7 Å². The highest BCUT2D eigenvalue weighted by molar-refractivity contribution is 5.65. The van der Waals surface area contributed by atoms with Gasteiger partial charge in [-0.3, -0.25) is 0 Å². The van der Waals surface area contributed by atoms with E-state index in [1.165, 1.54) is 11.1 Å². The molecule has 0 unspecified atom stereocenters. The predicted octanol–water partition coefficient (Wildman–Crippen LogP) is 2.22. The molecule has 3 N–H and O–H groups in total. The first-order valence-electron chi connectivity index (χ1n) is 6.85. The highest BCUT2D eigenvalue weighted by Gasteiger charge is 2.16. The van der Waals surface area contributed by atoms with E-state index in [1.807, 2.05) is 6.07 Å². The van der Waals surface area contributed by atoms with E-state index >= 15 is 0 Å². The van der Waals surface area contributed by atoms with Gasteiger partial charge in [0.2, 0.25) is 0 Å². The van der Waals surface area contributed by atoms with E-state index in [2.05, 4.69) is 58.0 Å². The molecule has 3 rings (SSSR count). The summed E-state index contributed by atoms with van der Waals surface area (Å²) in [5.74, 6) is 1.67. The number of aryl methyl sites for hydroxylation is 2. The zero-order valence-corrected chi connectivity index (χ0v) is 11.8. The lowest BCUT2D eigenvalue weighted by molar-refractivity contribution is 0.471. The molecule has 1 saturated heterocycles. The molecule has 1 aliphatic rings. The van der Waals surface area contributed by atoms with Crippen LogP contribution in [-0.2, 0) is 0 Å². The van der Waals surface area contributed by atoms with Gasteiger partial charge in [0.15, 0.2) is 0 Å². The summed E-state index contributed by atoms with van der Waals surface area (Å²) in [6.07, 6.45) is 1.59. The zero-order chi connectivity index (χ0) is 13.9. The third kappa shape index (κ3) is 2.72. The van der Waals surface area contributed by atoms with Crippen LogP contribution in [0.4, 0.5) is 17.3 Å². The van der Waals surface area contributed by atoms with Crippen LogP contribution in [0.25, 0.3) is 0 Å². The molecule has 0 aliphatic carbocycles. The minimum atomic E-state index is 0.470. The first kappa shape index (κ1) is 12.9. The normalized spacial score (nSPS) is 14.7. The minimum Gasteiger partial charge on any atom is -0.365 e. The van der Waals surface area contributed by atoms with Crippen LogP contribution < -0.4 is 16.0 Å². The Morgan fingerprint density at radius 1 is 1.10 bits per heavy atom. The van der Waals surface area contributed by atoms with Crippen molar-refractivity contribution in [1.82, 2.24) is 15.3 Å². The van der Waals surface area contributed by atoms with E-state index in [4.69, 9.17) is 0 Å². The second-order valence-electron chi connectivity index (χ2n) is 5.18. The second kappa shape index (κ2) is 5.46. The number of hydrogen-bond donors (Lipinski definition) is 3. The Labute approximate surface area is 118 Å². The van der Waals surface area contributed by atoms with Gasteiger partial charge in [0.1, 0.15) is 18.0 Å². The van der Waals surface area contributed by atoms with Crippen molar-refractivity contribution < 1.29 is 0 Å². The molecule has 0 saturated carbocycles. The molecule has 1 aromatic heterocycles. The molecule has 0 spiro atoms. The van der Waals surface area contributed by atoms with Crippen molar-refractivity contribution in [2.24, 2.45) is 0 Å². The van der Waals surface area contributed by atoms with Crippen LogP contribution in [0.1, 0.15) is 11.1 Å². The summed E-state index contributed by atoms with van der Waals surface area (Å²) in [5.41, 5.74) is 3.53. The smallest absolute Gasteiger partial charge is 0.135 e. The van der Waals surface area contributed by atoms with Crippen LogP contribution in [0, 0.1) is 13.8 Å². The number of aromatic nitrogens is 2. The Kier molecular flexibility index (Phi) is 3.52. The third-order valence-electron chi connectivity index (χ3n) is 3.53. The highest BCUT2D eigenvalue weighted by Crippen LogP contribution is 2.24. The summed E-state index contributed by atoms with van der Waals surface area (Å²) >= 11 is 0. The van der Waals surface area contributed by atoms with Crippen molar-refractivity contribution >= 4 is 17.3 Å². The molecule has 1 fully saturated rings. The summed E-state index contributed by atoms with van der Waals surface area (Å²) in [7, 11) is 0. The van der Waals surface area contributed by atoms with Gasteiger partial charge in [0, 0.05) is 24.8 Å². The Bertz CT molecular complexity index is 587. The number of para-hydroxylation sites is 1. The molecule has 5 nitrogen and oxygen atoms in total. The molecule has 1 aromatic carbocycles. The summed E-state index contributed by atoms with van der Waals surface area (Å²) in [6.45, 7) is 6.17. The topological polar surface area (TPSA) is 61.9 Å². The molecule has 20 heavy (non-hydrogen) atoms. The van der Waals surface area contributed by atoms with Crippen LogP contribution in [-0.4, -0.2) is 29.1 Å². The van der Waals surface area contributed by atoms with Crippen LogP contribution in [0.2, 0.25) is 0 Å². The molecule has 0 amide bonds. The van der Waals surface area contributed by atoms with Gasteiger partial charge in [-0.2, -0.15) is 0 Å². The highest BCUT2D eigenvalue weighted by atomic mass is 15.1. The number of nitrogens with zero attached hydrogens (tertiary/aromatic N) is 2. The number of nitrogens with one attached hydrogen (secondary N) is 3. The number of anilines is 3. The van der Waals surface area contributed by atoms with Gasteiger partial charge in [-0.05, 0) is 25.0 Å². The molecule has 0 atom stereocenters. The van der Waals surface area contributed by atoms with Gasteiger partial charge in [-0.1, -0.05) is 18.2 Å². The number of hydrogen-bond acceptors (Lipinski definition) is 5. The average molecular weight is 269 g/mol. The van der Waals surface area contributed by atoms with E-state index in [1.54, 1.807) is 6.33 Å². The summed E-state index contributed by atoms with van der Waals surface area (Å²) < 4.78 is 0. The molecule has 2 aromatic rings. The van der Waals surface area contributed by atoms with E-state index in [9.17, 15) is 0 Å². The lowest BCUT2D eigenvalue weighted by atomic mass is 10.1. The van der Waals surface area contributed by atoms with Gasteiger partial charge >= 0.3 is 0 Å². The van der Waals surface area contributed by atoms with Crippen molar-refractivity contribution in [3.63, 3.8) is 0 Å². The Morgan fingerprint density at radius 3 is 2.45 bits per heavy atom. The quantitative estimate of drug-likeness (QED) is 0.794. The lowest BCUT2D eigenvalue weighted by Gasteiger charge is -2.28. The Hall–Kier alpha value is -2.14. The average Bonchev–Trinajstić information content (AvgIpc) is 2.39. The van der Waals surface area contributed by atoms with E-state index in [0.29, 0.717) is 6.04 Å². The summed E-state index contributed by atoms with van der Waals surface area (Å²) in [6, 6.07) is 8.67. The molecular formula is C15H19N5. The van der Waals surface area contributed by atoms with E-state index in [-0.39, 0.29) is 0 Å². The van der Waals surface area contributed by atoms with Crippen molar-refractivity contribution in [3.8, 4) is 0 Å². The van der Waals surface area contributed by atoms with Crippen LogP contribution in [0.3, 0.4) is 0 Å². The number of rotatable bonds is 4.